The van der Waals surface area contributed by atoms with Gasteiger partial charge in [0.25, 0.3) is 0 Å². The van der Waals surface area contributed by atoms with Crippen LogP contribution >= 0.6 is 34.8 Å². The standard InChI is InChI=1S/C20H17Cl3N2/c21-17-7-3-1-5-14(17)12-24-16-9-10-20(19(23)11-16)25-13-15-6-2-4-8-18(15)22/h1-11,24-25H,12-13H2. The molecule has 5 heteroatoms. The van der Waals surface area contributed by atoms with E-state index in [1.165, 1.54) is 0 Å². The molecule has 0 unspecified atom stereocenters. The second-order valence-corrected chi connectivity index (χ2v) is 6.81. The molecule has 0 saturated heterocycles. The van der Waals surface area contributed by atoms with Crippen LogP contribution in [0.1, 0.15) is 11.1 Å². The molecular weight excluding hydrogens is 375 g/mol. The van der Waals surface area contributed by atoms with Crippen molar-refractivity contribution in [3.05, 3.63) is 92.9 Å². The van der Waals surface area contributed by atoms with Crippen LogP contribution in [0.4, 0.5) is 11.4 Å². The highest BCUT2D eigenvalue weighted by Crippen LogP contribution is 2.27. The third kappa shape index (κ3) is 4.82. The average Bonchev–Trinajstić information content (AvgIpc) is 2.61. The molecule has 128 valence electrons. The van der Waals surface area contributed by atoms with Gasteiger partial charge >= 0.3 is 0 Å². The minimum Gasteiger partial charge on any atom is -0.381 e. The molecule has 0 bridgehead atoms. The van der Waals surface area contributed by atoms with Crippen LogP contribution in [0.15, 0.2) is 66.7 Å². The lowest BCUT2D eigenvalue weighted by Gasteiger charge is -2.12. The summed E-state index contributed by atoms with van der Waals surface area (Å²) in [4.78, 5) is 0. The van der Waals surface area contributed by atoms with Crippen molar-refractivity contribution in [2.75, 3.05) is 10.6 Å². The third-order valence-electron chi connectivity index (χ3n) is 3.84. The quantitative estimate of drug-likeness (QED) is 0.479. The molecule has 25 heavy (non-hydrogen) atoms. The Labute approximate surface area is 162 Å². The van der Waals surface area contributed by atoms with E-state index >= 15 is 0 Å². The van der Waals surface area contributed by atoms with Crippen molar-refractivity contribution in [3.8, 4) is 0 Å². The van der Waals surface area contributed by atoms with Crippen LogP contribution in [-0.4, -0.2) is 0 Å². The number of anilines is 2. The molecule has 2 N–H and O–H groups in total. The Balaban J connectivity index is 1.63. The highest BCUT2D eigenvalue weighted by atomic mass is 35.5. The van der Waals surface area contributed by atoms with Gasteiger partial charge in [-0.05, 0) is 41.5 Å². The predicted octanol–water partition coefficient (Wildman–Crippen LogP) is 6.87. The molecule has 0 heterocycles. The van der Waals surface area contributed by atoms with Crippen molar-refractivity contribution in [2.24, 2.45) is 0 Å². The van der Waals surface area contributed by atoms with E-state index in [4.69, 9.17) is 34.8 Å². The van der Waals surface area contributed by atoms with Gasteiger partial charge in [0.2, 0.25) is 0 Å². The Morgan fingerprint density at radius 2 is 1.16 bits per heavy atom. The molecule has 0 aromatic heterocycles. The van der Waals surface area contributed by atoms with Crippen LogP contribution in [0.5, 0.6) is 0 Å². The lowest BCUT2D eigenvalue weighted by molar-refractivity contribution is 1.14. The van der Waals surface area contributed by atoms with Crippen LogP contribution in [0.3, 0.4) is 0 Å². The summed E-state index contributed by atoms with van der Waals surface area (Å²) in [7, 11) is 0. The zero-order valence-electron chi connectivity index (χ0n) is 13.4. The Morgan fingerprint density at radius 3 is 1.72 bits per heavy atom. The van der Waals surface area contributed by atoms with Gasteiger partial charge < -0.3 is 10.6 Å². The van der Waals surface area contributed by atoms with Crippen molar-refractivity contribution in [1.29, 1.82) is 0 Å². The Kier molecular flexibility index (Phi) is 6.09. The molecule has 0 atom stereocenters. The van der Waals surface area contributed by atoms with Crippen molar-refractivity contribution in [1.82, 2.24) is 0 Å². The highest BCUT2D eigenvalue weighted by Gasteiger charge is 2.05. The summed E-state index contributed by atoms with van der Waals surface area (Å²) in [6, 6.07) is 21.3. The molecule has 0 aliphatic rings. The fourth-order valence-electron chi connectivity index (χ4n) is 2.44. The fourth-order valence-corrected chi connectivity index (χ4v) is 3.09. The Morgan fingerprint density at radius 1 is 0.600 bits per heavy atom. The fraction of sp³-hybridized carbons (Fsp3) is 0.100. The summed E-state index contributed by atoms with van der Waals surface area (Å²) in [6.07, 6.45) is 0. The van der Waals surface area contributed by atoms with Gasteiger partial charge in [-0.15, -0.1) is 0 Å². The van der Waals surface area contributed by atoms with E-state index < -0.39 is 0 Å². The molecular formula is C20H17Cl3N2. The molecule has 0 radical (unpaired) electrons. The highest BCUT2D eigenvalue weighted by molar-refractivity contribution is 6.33. The lowest BCUT2D eigenvalue weighted by atomic mass is 10.2. The molecule has 3 aromatic carbocycles. The summed E-state index contributed by atoms with van der Waals surface area (Å²) in [5.74, 6) is 0. The predicted molar refractivity (Wildman–Crippen MR) is 109 cm³/mol. The van der Waals surface area contributed by atoms with Gasteiger partial charge in [0.15, 0.2) is 0 Å². The number of hydrogen-bond donors (Lipinski definition) is 2. The van der Waals surface area contributed by atoms with Gasteiger partial charge in [0.05, 0.1) is 10.7 Å². The number of halogens is 3. The zero-order valence-corrected chi connectivity index (χ0v) is 15.7. The first-order valence-corrected chi connectivity index (χ1v) is 9.01. The van der Waals surface area contributed by atoms with E-state index in [-0.39, 0.29) is 0 Å². The maximum Gasteiger partial charge on any atom is 0.0658 e. The number of benzene rings is 3. The largest absolute Gasteiger partial charge is 0.381 e. The summed E-state index contributed by atoms with van der Waals surface area (Å²) in [5.41, 5.74) is 3.88. The van der Waals surface area contributed by atoms with E-state index in [1.807, 2.05) is 66.7 Å². The van der Waals surface area contributed by atoms with E-state index in [1.54, 1.807) is 0 Å². The molecule has 0 fully saturated rings. The first kappa shape index (κ1) is 17.9. The second kappa shape index (κ2) is 8.48. The molecule has 3 rings (SSSR count). The van der Waals surface area contributed by atoms with Gasteiger partial charge in [-0.2, -0.15) is 0 Å². The van der Waals surface area contributed by atoms with Crippen LogP contribution in [-0.2, 0) is 13.1 Å². The molecule has 0 saturated carbocycles. The van der Waals surface area contributed by atoms with E-state index in [0.29, 0.717) is 18.1 Å². The van der Waals surface area contributed by atoms with Gasteiger partial charge in [0.1, 0.15) is 0 Å². The van der Waals surface area contributed by atoms with E-state index in [0.717, 1.165) is 32.5 Å². The topological polar surface area (TPSA) is 24.1 Å². The molecule has 2 nitrogen and oxygen atoms in total. The maximum atomic E-state index is 6.39. The molecule has 0 amide bonds. The molecule has 0 aliphatic carbocycles. The summed E-state index contributed by atoms with van der Waals surface area (Å²) in [5, 5.41) is 8.79. The minimum absolute atomic E-state index is 0.617. The summed E-state index contributed by atoms with van der Waals surface area (Å²) < 4.78 is 0. The second-order valence-electron chi connectivity index (χ2n) is 5.58. The number of hydrogen-bond acceptors (Lipinski definition) is 2. The lowest BCUT2D eigenvalue weighted by Crippen LogP contribution is -2.02. The Bertz CT molecular complexity index is 865. The van der Waals surface area contributed by atoms with Crippen LogP contribution < -0.4 is 10.6 Å². The maximum absolute atomic E-state index is 6.39. The Hall–Kier alpha value is -1.87. The van der Waals surface area contributed by atoms with Crippen LogP contribution in [0.2, 0.25) is 15.1 Å². The SMILES string of the molecule is Clc1ccccc1CNc1ccc(NCc2ccccc2Cl)c(Cl)c1. The first-order chi connectivity index (χ1) is 12.1. The molecule has 0 spiro atoms. The first-order valence-electron chi connectivity index (χ1n) is 7.87. The van der Waals surface area contributed by atoms with Crippen molar-refractivity contribution < 1.29 is 0 Å². The monoisotopic (exact) mass is 390 g/mol. The third-order valence-corrected chi connectivity index (χ3v) is 4.89. The smallest absolute Gasteiger partial charge is 0.0658 e. The summed E-state index contributed by atoms with van der Waals surface area (Å²) in [6.45, 7) is 1.26. The van der Waals surface area contributed by atoms with Crippen molar-refractivity contribution in [3.63, 3.8) is 0 Å². The van der Waals surface area contributed by atoms with E-state index in [9.17, 15) is 0 Å². The van der Waals surface area contributed by atoms with Crippen molar-refractivity contribution >= 4 is 46.2 Å². The summed E-state index contributed by atoms with van der Waals surface area (Å²) >= 11 is 18.7. The van der Waals surface area contributed by atoms with Crippen molar-refractivity contribution in [2.45, 2.75) is 13.1 Å². The normalized spacial score (nSPS) is 10.5. The number of rotatable bonds is 6. The van der Waals surface area contributed by atoms with Gasteiger partial charge in [-0.3, -0.25) is 0 Å². The number of nitrogens with one attached hydrogen (secondary N) is 2. The van der Waals surface area contributed by atoms with E-state index in [2.05, 4.69) is 10.6 Å². The zero-order chi connectivity index (χ0) is 17.6. The van der Waals surface area contributed by atoms with Crippen LogP contribution in [0, 0.1) is 0 Å². The average molecular weight is 392 g/mol. The van der Waals surface area contributed by atoms with Gasteiger partial charge in [-0.25, -0.2) is 0 Å². The minimum atomic E-state index is 0.617. The van der Waals surface area contributed by atoms with Gasteiger partial charge in [-0.1, -0.05) is 71.2 Å². The van der Waals surface area contributed by atoms with Crippen LogP contribution in [0.25, 0.3) is 0 Å². The molecule has 0 aliphatic heterocycles. The molecule has 3 aromatic rings. The van der Waals surface area contributed by atoms with Gasteiger partial charge in [0, 0.05) is 28.8 Å².